The summed E-state index contributed by atoms with van der Waals surface area (Å²) in [6.07, 6.45) is 1.70. The van der Waals surface area contributed by atoms with Gasteiger partial charge in [0.15, 0.2) is 6.04 Å². The third-order valence-corrected chi connectivity index (χ3v) is 4.84. The topological polar surface area (TPSA) is 87.2 Å². The molecule has 0 radical (unpaired) electrons. The van der Waals surface area contributed by atoms with Crippen molar-refractivity contribution in [2.24, 2.45) is 0 Å². The number of esters is 1. The lowest BCUT2D eigenvalue weighted by Gasteiger charge is -2.36. The molecule has 0 aliphatic carbocycles. The molecule has 166 valence electrons. The van der Waals surface area contributed by atoms with Crippen molar-refractivity contribution in [3.05, 3.63) is 53.3 Å². The maximum Gasteiger partial charge on any atom is 0.411 e. The summed E-state index contributed by atoms with van der Waals surface area (Å²) in [6.45, 7) is 5.94. The summed E-state index contributed by atoms with van der Waals surface area (Å²) in [6, 6.07) is 8.19. The Morgan fingerprint density at radius 1 is 1.19 bits per heavy atom. The zero-order valence-corrected chi connectivity index (χ0v) is 18.5. The number of amides is 1. The van der Waals surface area contributed by atoms with Gasteiger partial charge in [-0.15, -0.1) is 0 Å². The molecule has 31 heavy (non-hydrogen) atoms. The van der Waals surface area contributed by atoms with Crippen molar-refractivity contribution in [3.8, 4) is 11.5 Å². The van der Waals surface area contributed by atoms with Gasteiger partial charge in [0.2, 0.25) is 0 Å². The quantitative estimate of drug-likeness (QED) is 0.672. The Morgan fingerprint density at radius 2 is 1.97 bits per heavy atom. The van der Waals surface area contributed by atoms with E-state index in [-0.39, 0.29) is 6.61 Å². The molecule has 2 aromatic rings. The van der Waals surface area contributed by atoms with Gasteiger partial charge in [-0.25, -0.2) is 9.59 Å². The van der Waals surface area contributed by atoms with Crippen LogP contribution in [0.2, 0.25) is 0 Å². The Bertz CT molecular complexity index is 953. The molecule has 1 amide bonds. The van der Waals surface area contributed by atoms with Crippen molar-refractivity contribution in [3.63, 3.8) is 0 Å². The number of ether oxygens (including phenoxy) is 4. The van der Waals surface area contributed by atoms with E-state index in [1.54, 1.807) is 52.3 Å². The molecule has 2 heterocycles. The smallest absolute Gasteiger partial charge is 0.411 e. The lowest BCUT2D eigenvalue weighted by molar-refractivity contribution is -0.147. The van der Waals surface area contributed by atoms with Gasteiger partial charge in [-0.3, -0.25) is 9.88 Å². The van der Waals surface area contributed by atoms with Gasteiger partial charge in [0.25, 0.3) is 0 Å². The summed E-state index contributed by atoms with van der Waals surface area (Å²) in [7, 11) is 2.89. The van der Waals surface area contributed by atoms with Gasteiger partial charge >= 0.3 is 12.1 Å². The fourth-order valence-corrected chi connectivity index (χ4v) is 3.45. The fourth-order valence-electron chi connectivity index (χ4n) is 3.45. The summed E-state index contributed by atoms with van der Waals surface area (Å²) in [4.78, 5) is 30.9. The van der Waals surface area contributed by atoms with Crippen molar-refractivity contribution in [2.75, 3.05) is 20.8 Å². The van der Waals surface area contributed by atoms with E-state index in [1.807, 2.05) is 12.1 Å². The number of hydrogen-bond donors (Lipinski definition) is 0. The van der Waals surface area contributed by atoms with Crippen LogP contribution < -0.4 is 9.47 Å². The second-order valence-corrected chi connectivity index (χ2v) is 8.15. The number of nitrogens with zero attached hydrogens (tertiary/aromatic N) is 2. The SMILES string of the molecule is COC(=O)[C@H]1c2ccc(OCc3ncccc3OC)cc2CCN1C(=O)OC(C)(C)C. The first kappa shape index (κ1) is 22.4. The van der Waals surface area contributed by atoms with Gasteiger partial charge in [0, 0.05) is 12.7 Å². The highest BCUT2D eigenvalue weighted by molar-refractivity contribution is 5.84. The molecule has 8 heteroatoms. The first-order valence-corrected chi connectivity index (χ1v) is 10.0. The predicted molar refractivity (Wildman–Crippen MR) is 113 cm³/mol. The number of fused-ring (bicyclic) bond motifs is 1. The summed E-state index contributed by atoms with van der Waals surface area (Å²) in [5, 5.41) is 0. The molecule has 1 aliphatic heterocycles. The largest absolute Gasteiger partial charge is 0.495 e. The van der Waals surface area contributed by atoms with Crippen LogP contribution in [0.25, 0.3) is 0 Å². The number of pyridine rings is 1. The molecule has 1 aliphatic rings. The average molecular weight is 428 g/mol. The van der Waals surface area contributed by atoms with E-state index in [0.29, 0.717) is 35.7 Å². The van der Waals surface area contributed by atoms with Crippen LogP contribution in [0.15, 0.2) is 36.5 Å². The minimum atomic E-state index is -0.867. The minimum Gasteiger partial charge on any atom is -0.495 e. The summed E-state index contributed by atoms with van der Waals surface area (Å²) < 4.78 is 21.7. The van der Waals surface area contributed by atoms with E-state index in [2.05, 4.69) is 4.98 Å². The summed E-state index contributed by atoms with van der Waals surface area (Å²) in [5.74, 6) is 0.777. The van der Waals surface area contributed by atoms with E-state index in [4.69, 9.17) is 18.9 Å². The Labute approximate surface area is 182 Å². The zero-order valence-electron chi connectivity index (χ0n) is 18.5. The molecule has 0 N–H and O–H groups in total. The summed E-state index contributed by atoms with van der Waals surface area (Å²) >= 11 is 0. The molecule has 0 unspecified atom stereocenters. The number of methoxy groups -OCH3 is 2. The van der Waals surface area contributed by atoms with Crippen LogP contribution in [-0.4, -0.2) is 48.3 Å². The lowest BCUT2D eigenvalue weighted by Crippen LogP contribution is -2.46. The van der Waals surface area contributed by atoms with Crippen molar-refractivity contribution in [1.82, 2.24) is 9.88 Å². The molecular formula is C23H28N2O6. The van der Waals surface area contributed by atoms with E-state index >= 15 is 0 Å². The van der Waals surface area contributed by atoms with Crippen molar-refractivity contribution >= 4 is 12.1 Å². The van der Waals surface area contributed by atoms with E-state index < -0.39 is 23.7 Å². The van der Waals surface area contributed by atoms with Crippen LogP contribution >= 0.6 is 0 Å². The number of rotatable bonds is 5. The van der Waals surface area contributed by atoms with Gasteiger partial charge < -0.3 is 18.9 Å². The van der Waals surface area contributed by atoms with E-state index in [0.717, 1.165) is 5.56 Å². The number of carbonyl (C=O) groups is 2. The first-order valence-electron chi connectivity index (χ1n) is 10.0. The zero-order chi connectivity index (χ0) is 22.6. The standard InChI is InChI=1S/C23H28N2O6/c1-23(2,3)31-22(27)25-12-10-15-13-16(8-9-17(15)20(25)21(26)29-5)30-14-18-19(28-4)7-6-11-24-18/h6-9,11,13,20H,10,12,14H2,1-5H3/t20-/m1/s1. The van der Waals surface area contributed by atoms with Gasteiger partial charge in [0.1, 0.15) is 29.4 Å². The van der Waals surface area contributed by atoms with E-state index in [9.17, 15) is 9.59 Å². The van der Waals surface area contributed by atoms with Crippen LogP contribution in [0.4, 0.5) is 4.79 Å². The van der Waals surface area contributed by atoms with Crippen LogP contribution in [0.3, 0.4) is 0 Å². The highest BCUT2D eigenvalue weighted by Gasteiger charge is 2.39. The Kier molecular flexibility index (Phi) is 6.68. The van der Waals surface area contributed by atoms with Crippen molar-refractivity contribution < 1.29 is 28.5 Å². The van der Waals surface area contributed by atoms with Crippen LogP contribution in [0.1, 0.15) is 43.6 Å². The van der Waals surface area contributed by atoms with Crippen LogP contribution in [0.5, 0.6) is 11.5 Å². The molecule has 1 atom stereocenters. The molecule has 1 aromatic heterocycles. The fraction of sp³-hybridized carbons (Fsp3) is 0.435. The first-order chi connectivity index (χ1) is 14.7. The number of carbonyl (C=O) groups excluding carboxylic acids is 2. The van der Waals surface area contributed by atoms with Crippen molar-refractivity contribution in [1.29, 1.82) is 0 Å². The Hall–Kier alpha value is -3.29. The number of benzene rings is 1. The third-order valence-electron chi connectivity index (χ3n) is 4.84. The van der Waals surface area contributed by atoms with Crippen molar-refractivity contribution in [2.45, 2.75) is 45.4 Å². The molecule has 8 nitrogen and oxygen atoms in total. The highest BCUT2D eigenvalue weighted by atomic mass is 16.6. The monoisotopic (exact) mass is 428 g/mol. The van der Waals surface area contributed by atoms with Crippen LogP contribution in [-0.2, 0) is 27.3 Å². The predicted octanol–water partition coefficient (Wildman–Crippen LogP) is 3.68. The highest BCUT2D eigenvalue weighted by Crippen LogP contribution is 2.34. The van der Waals surface area contributed by atoms with Crippen LogP contribution in [0, 0.1) is 0 Å². The molecule has 0 saturated heterocycles. The maximum absolute atomic E-state index is 12.7. The maximum atomic E-state index is 12.7. The molecule has 0 bridgehead atoms. The molecule has 1 aromatic carbocycles. The second kappa shape index (κ2) is 9.24. The Morgan fingerprint density at radius 3 is 2.65 bits per heavy atom. The number of hydrogen-bond acceptors (Lipinski definition) is 7. The molecule has 0 spiro atoms. The van der Waals surface area contributed by atoms with Gasteiger partial charge in [-0.1, -0.05) is 6.07 Å². The van der Waals surface area contributed by atoms with E-state index in [1.165, 1.54) is 12.0 Å². The molecule has 0 fully saturated rings. The number of aromatic nitrogens is 1. The molecular weight excluding hydrogens is 400 g/mol. The minimum absolute atomic E-state index is 0.243. The van der Waals surface area contributed by atoms with Gasteiger partial charge in [0.05, 0.1) is 14.2 Å². The lowest BCUT2D eigenvalue weighted by atomic mass is 9.92. The molecule has 0 saturated carbocycles. The molecule has 3 rings (SSSR count). The normalized spacial score (nSPS) is 15.6. The second-order valence-electron chi connectivity index (χ2n) is 8.15. The average Bonchev–Trinajstić information content (AvgIpc) is 2.75. The Balaban J connectivity index is 1.82. The van der Waals surface area contributed by atoms with Gasteiger partial charge in [-0.05, 0) is 62.6 Å². The third kappa shape index (κ3) is 5.25. The summed E-state index contributed by atoms with van der Waals surface area (Å²) in [5.41, 5.74) is 1.64. The van der Waals surface area contributed by atoms with Gasteiger partial charge in [-0.2, -0.15) is 0 Å².